The van der Waals surface area contributed by atoms with Gasteiger partial charge >= 0.3 is 6.01 Å². The lowest BCUT2D eigenvalue weighted by Gasteiger charge is -2.32. The van der Waals surface area contributed by atoms with Gasteiger partial charge in [0.25, 0.3) is 0 Å². The van der Waals surface area contributed by atoms with E-state index in [1.54, 1.807) is 0 Å². The van der Waals surface area contributed by atoms with Gasteiger partial charge in [-0.1, -0.05) is 49.3 Å². The van der Waals surface area contributed by atoms with Gasteiger partial charge in [-0.3, -0.25) is 4.90 Å². The second-order valence-electron chi connectivity index (χ2n) is 6.32. The zero-order valence-corrected chi connectivity index (χ0v) is 13.3. The second-order valence-corrected chi connectivity index (χ2v) is 6.32. The number of nitrogens with one attached hydrogen (secondary N) is 1. The van der Waals surface area contributed by atoms with Gasteiger partial charge in [0.2, 0.25) is 0 Å². The number of anilines is 1. The summed E-state index contributed by atoms with van der Waals surface area (Å²) in [5.41, 5.74) is 1.36. The summed E-state index contributed by atoms with van der Waals surface area (Å²) < 4.78 is 5.29. The molecule has 5 heteroatoms. The Bertz CT molecular complexity index is 581. The summed E-state index contributed by atoms with van der Waals surface area (Å²) in [6, 6.07) is 11.6. The Hall–Kier alpha value is -1.88. The zero-order valence-electron chi connectivity index (χ0n) is 13.3. The second kappa shape index (κ2) is 6.92. The van der Waals surface area contributed by atoms with Crippen molar-refractivity contribution < 1.29 is 4.52 Å². The standard InChI is InChI=1S/C17H24N4O/c1-13(2)16-19-17(22-20-16)18-15-9-6-10-21(12-15)11-14-7-4-3-5-8-14/h3-5,7-8,13,15H,6,9-12H2,1-2H3,(H,18,19,20). The number of benzene rings is 1. The predicted octanol–water partition coefficient (Wildman–Crippen LogP) is 3.27. The maximum atomic E-state index is 5.29. The normalized spacial score (nSPS) is 19.5. The minimum atomic E-state index is 0.292. The average molecular weight is 300 g/mol. The van der Waals surface area contributed by atoms with Gasteiger partial charge in [0, 0.05) is 25.0 Å². The molecule has 1 aromatic heterocycles. The van der Waals surface area contributed by atoms with Crippen LogP contribution in [0.1, 0.15) is 44.0 Å². The first-order chi connectivity index (χ1) is 10.7. The van der Waals surface area contributed by atoms with Crippen molar-refractivity contribution in [3.8, 4) is 0 Å². The Morgan fingerprint density at radius 1 is 1.32 bits per heavy atom. The lowest BCUT2D eigenvalue weighted by Crippen LogP contribution is -2.41. The molecule has 0 radical (unpaired) electrons. The van der Waals surface area contributed by atoms with Crippen LogP contribution in [0.5, 0.6) is 0 Å². The number of hydrogen-bond acceptors (Lipinski definition) is 5. The van der Waals surface area contributed by atoms with Gasteiger partial charge in [0.15, 0.2) is 5.82 Å². The van der Waals surface area contributed by atoms with Crippen LogP contribution in [0.4, 0.5) is 6.01 Å². The fourth-order valence-electron chi connectivity index (χ4n) is 2.86. The smallest absolute Gasteiger partial charge is 0.321 e. The number of hydrogen-bond donors (Lipinski definition) is 1. The molecule has 0 bridgehead atoms. The highest BCUT2D eigenvalue weighted by Crippen LogP contribution is 2.18. The van der Waals surface area contributed by atoms with Crippen molar-refractivity contribution in [2.24, 2.45) is 0 Å². The van der Waals surface area contributed by atoms with Crippen LogP contribution in [0.3, 0.4) is 0 Å². The highest BCUT2D eigenvalue weighted by Gasteiger charge is 2.21. The van der Waals surface area contributed by atoms with Crippen molar-refractivity contribution in [2.45, 2.75) is 45.2 Å². The summed E-state index contributed by atoms with van der Waals surface area (Å²) in [6.45, 7) is 7.29. The third-order valence-electron chi connectivity index (χ3n) is 4.04. The number of rotatable bonds is 5. The maximum Gasteiger partial charge on any atom is 0.321 e. The van der Waals surface area contributed by atoms with Crippen LogP contribution in [0.15, 0.2) is 34.9 Å². The molecule has 1 N–H and O–H groups in total. The van der Waals surface area contributed by atoms with E-state index < -0.39 is 0 Å². The van der Waals surface area contributed by atoms with Crippen LogP contribution in [0.2, 0.25) is 0 Å². The molecule has 1 saturated heterocycles. The maximum absolute atomic E-state index is 5.29. The topological polar surface area (TPSA) is 54.2 Å². The van der Waals surface area contributed by atoms with E-state index in [9.17, 15) is 0 Å². The third-order valence-corrected chi connectivity index (χ3v) is 4.04. The molecule has 3 rings (SSSR count). The van der Waals surface area contributed by atoms with Crippen molar-refractivity contribution in [1.82, 2.24) is 15.0 Å². The summed E-state index contributed by atoms with van der Waals surface area (Å²) in [7, 11) is 0. The SMILES string of the molecule is CC(C)c1noc(NC2CCCN(Cc3ccccc3)C2)n1. The van der Waals surface area contributed by atoms with Gasteiger partial charge in [0.05, 0.1) is 0 Å². The highest BCUT2D eigenvalue weighted by atomic mass is 16.5. The number of likely N-dealkylation sites (tertiary alicyclic amines) is 1. The van der Waals surface area contributed by atoms with Crippen LogP contribution in [0, 0.1) is 0 Å². The predicted molar refractivity (Wildman–Crippen MR) is 86.8 cm³/mol. The lowest BCUT2D eigenvalue weighted by atomic mass is 10.0. The van der Waals surface area contributed by atoms with Crippen molar-refractivity contribution >= 4 is 6.01 Å². The summed E-state index contributed by atoms with van der Waals surface area (Å²) in [4.78, 5) is 6.89. The van der Waals surface area contributed by atoms with E-state index >= 15 is 0 Å². The first-order valence-electron chi connectivity index (χ1n) is 8.07. The summed E-state index contributed by atoms with van der Waals surface area (Å²) in [5, 5.41) is 7.40. The number of aromatic nitrogens is 2. The van der Waals surface area contributed by atoms with Gasteiger partial charge in [-0.05, 0) is 24.9 Å². The van der Waals surface area contributed by atoms with E-state index in [0.29, 0.717) is 18.0 Å². The molecule has 1 fully saturated rings. The van der Waals surface area contributed by atoms with Gasteiger partial charge in [-0.15, -0.1) is 0 Å². The van der Waals surface area contributed by atoms with Crippen molar-refractivity contribution in [1.29, 1.82) is 0 Å². The Kier molecular flexibility index (Phi) is 4.73. The van der Waals surface area contributed by atoms with E-state index in [1.807, 2.05) is 0 Å². The minimum Gasteiger partial charge on any atom is -0.334 e. The fourth-order valence-corrected chi connectivity index (χ4v) is 2.86. The molecule has 0 aliphatic carbocycles. The Morgan fingerprint density at radius 3 is 2.86 bits per heavy atom. The van der Waals surface area contributed by atoms with E-state index in [1.165, 1.54) is 12.0 Å². The molecular formula is C17H24N4O. The fraction of sp³-hybridized carbons (Fsp3) is 0.529. The van der Waals surface area contributed by atoms with Crippen LogP contribution in [-0.2, 0) is 6.54 Å². The van der Waals surface area contributed by atoms with Crippen molar-refractivity contribution in [3.05, 3.63) is 41.7 Å². The number of piperidine rings is 1. The molecule has 5 nitrogen and oxygen atoms in total. The van der Waals surface area contributed by atoms with Gasteiger partial charge in [-0.25, -0.2) is 0 Å². The minimum absolute atomic E-state index is 0.292. The quantitative estimate of drug-likeness (QED) is 0.918. The van der Waals surface area contributed by atoms with Gasteiger partial charge < -0.3 is 9.84 Å². The zero-order chi connectivity index (χ0) is 15.4. The lowest BCUT2D eigenvalue weighted by molar-refractivity contribution is 0.206. The Labute approximate surface area is 131 Å². The largest absolute Gasteiger partial charge is 0.334 e. The Balaban J connectivity index is 1.56. The highest BCUT2D eigenvalue weighted by molar-refractivity contribution is 5.22. The molecule has 22 heavy (non-hydrogen) atoms. The molecule has 1 aliphatic heterocycles. The first kappa shape index (κ1) is 15.0. The van der Waals surface area contributed by atoms with E-state index in [0.717, 1.165) is 31.9 Å². The third kappa shape index (κ3) is 3.85. The molecule has 1 unspecified atom stereocenters. The van der Waals surface area contributed by atoms with Crippen LogP contribution >= 0.6 is 0 Å². The molecule has 0 saturated carbocycles. The van der Waals surface area contributed by atoms with Crippen LogP contribution in [-0.4, -0.2) is 34.2 Å². The van der Waals surface area contributed by atoms with Crippen LogP contribution in [0.25, 0.3) is 0 Å². The van der Waals surface area contributed by atoms with E-state index in [-0.39, 0.29) is 0 Å². The summed E-state index contributed by atoms with van der Waals surface area (Å²) in [6.07, 6.45) is 2.33. The molecule has 118 valence electrons. The average Bonchev–Trinajstić information content (AvgIpc) is 2.97. The monoisotopic (exact) mass is 300 g/mol. The summed E-state index contributed by atoms with van der Waals surface area (Å²) in [5.74, 6) is 1.06. The van der Waals surface area contributed by atoms with Gasteiger partial charge in [0.1, 0.15) is 0 Å². The summed E-state index contributed by atoms with van der Waals surface area (Å²) >= 11 is 0. The molecule has 0 amide bonds. The van der Waals surface area contributed by atoms with Crippen molar-refractivity contribution in [3.63, 3.8) is 0 Å². The molecule has 1 aromatic carbocycles. The number of nitrogens with zero attached hydrogens (tertiary/aromatic N) is 3. The van der Waals surface area contributed by atoms with Crippen LogP contribution < -0.4 is 5.32 Å². The molecule has 0 spiro atoms. The van der Waals surface area contributed by atoms with Gasteiger partial charge in [-0.2, -0.15) is 4.98 Å². The molecule has 2 heterocycles. The van der Waals surface area contributed by atoms with Crippen molar-refractivity contribution in [2.75, 3.05) is 18.4 Å². The van der Waals surface area contributed by atoms with E-state index in [2.05, 4.69) is 64.5 Å². The molecule has 1 aliphatic rings. The Morgan fingerprint density at radius 2 is 2.14 bits per heavy atom. The molecular weight excluding hydrogens is 276 g/mol. The molecule has 2 aromatic rings. The molecule has 1 atom stereocenters. The first-order valence-corrected chi connectivity index (χ1v) is 8.07. The van der Waals surface area contributed by atoms with E-state index in [4.69, 9.17) is 4.52 Å².